The van der Waals surface area contributed by atoms with E-state index in [1.165, 1.54) is 19.3 Å². The molecular weight excluding hydrogens is 344 g/mol. The topological polar surface area (TPSA) is 85.4 Å². The lowest BCUT2D eigenvalue weighted by molar-refractivity contribution is 0.0945. The molecule has 7 heteroatoms. The van der Waals surface area contributed by atoms with Gasteiger partial charge in [0.2, 0.25) is 6.79 Å². The Morgan fingerprint density at radius 2 is 1.93 bits per heavy atom. The number of anilines is 1. The lowest BCUT2D eigenvalue weighted by Gasteiger charge is -2.23. The number of amides is 1. The summed E-state index contributed by atoms with van der Waals surface area (Å²) in [5.74, 6) is 2.53. The molecule has 2 heterocycles. The Hall–Kier alpha value is -2.83. The third-order valence-electron chi connectivity index (χ3n) is 4.92. The van der Waals surface area contributed by atoms with Gasteiger partial charge in [0.05, 0.1) is 0 Å². The number of ether oxygens (including phenoxy) is 2. The lowest BCUT2D eigenvalue weighted by atomic mass is 9.95. The fourth-order valence-electron chi connectivity index (χ4n) is 3.54. The molecule has 0 unspecified atom stereocenters. The van der Waals surface area contributed by atoms with Crippen LogP contribution in [0, 0.1) is 6.92 Å². The molecule has 2 aliphatic rings. The summed E-state index contributed by atoms with van der Waals surface area (Å²) in [6.45, 7) is 2.44. The van der Waals surface area contributed by atoms with Crippen molar-refractivity contribution in [3.63, 3.8) is 0 Å². The van der Waals surface area contributed by atoms with Crippen LogP contribution >= 0.6 is 0 Å². The first-order valence-electron chi connectivity index (χ1n) is 9.46. The molecule has 1 amide bonds. The molecule has 2 aromatic rings. The van der Waals surface area contributed by atoms with Gasteiger partial charge in [0.15, 0.2) is 11.5 Å². The van der Waals surface area contributed by atoms with Gasteiger partial charge in [-0.15, -0.1) is 0 Å². The fourth-order valence-corrected chi connectivity index (χ4v) is 3.54. The molecule has 0 atom stereocenters. The van der Waals surface area contributed by atoms with Crippen LogP contribution in [0.1, 0.15) is 54.0 Å². The smallest absolute Gasteiger partial charge is 0.270 e. The number of aryl methyl sites for hydroxylation is 1. The predicted octanol–water partition coefficient (Wildman–Crippen LogP) is 3.19. The van der Waals surface area contributed by atoms with Gasteiger partial charge in [-0.25, -0.2) is 9.97 Å². The van der Waals surface area contributed by atoms with Crippen molar-refractivity contribution in [1.29, 1.82) is 0 Å². The van der Waals surface area contributed by atoms with E-state index in [4.69, 9.17) is 9.47 Å². The number of carbonyl (C=O) groups is 1. The summed E-state index contributed by atoms with van der Waals surface area (Å²) in [6.07, 6.45) is 6.08. The van der Waals surface area contributed by atoms with E-state index >= 15 is 0 Å². The molecule has 1 fully saturated rings. The minimum absolute atomic E-state index is 0.218. The highest BCUT2D eigenvalue weighted by Gasteiger charge is 2.17. The highest BCUT2D eigenvalue weighted by atomic mass is 16.7. The van der Waals surface area contributed by atoms with Crippen molar-refractivity contribution in [1.82, 2.24) is 15.3 Å². The van der Waals surface area contributed by atoms with Crippen LogP contribution < -0.4 is 20.1 Å². The van der Waals surface area contributed by atoms with E-state index in [0.29, 0.717) is 29.9 Å². The Kier molecular flexibility index (Phi) is 5.09. The molecular formula is C20H24N4O3. The largest absolute Gasteiger partial charge is 0.454 e. The summed E-state index contributed by atoms with van der Waals surface area (Å²) in [5.41, 5.74) is 1.32. The second kappa shape index (κ2) is 7.82. The van der Waals surface area contributed by atoms with Gasteiger partial charge in [-0.05, 0) is 37.5 Å². The van der Waals surface area contributed by atoms with E-state index in [-0.39, 0.29) is 12.7 Å². The van der Waals surface area contributed by atoms with Crippen LogP contribution in [-0.4, -0.2) is 28.7 Å². The van der Waals surface area contributed by atoms with Crippen molar-refractivity contribution in [2.45, 2.75) is 51.6 Å². The summed E-state index contributed by atoms with van der Waals surface area (Å²) < 4.78 is 10.7. The van der Waals surface area contributed by atoms with Gasteiger partial charge in [0, 0.05) is 18.7 Å². The van der Waals surface area contributed by atoms with Crippen molar-refractivity contribution in [3.05, 3.63) is 41.3 Å². The Balaban J connectivity index is 1.40. The van der Waals surface area contributed by atoms with Crippen LogP contribution in [0.4, 0.5) is 5.82 Å². The Morgan fingerprint density at radius 3 is 2.78 bits per heavy atom. The second-order valence-electron chi connectivity index (χ2n) is 7.04. The lowest BCUT2D eigenvalue weighted by Crippen LogP contribution is -2.26. The number of rotatable bonds is 5. The summed E-state index contributed by atoms with van der Waals surface area (Å²) in [7, 11) is 0. The van der Waals surface area contributed by atoms with Crippen molar-refractivity contribution in [2.75, 3.05) is 12.1 Å². The van der Waals surface area contributed by atoms with E-state index in [0.717, 1.165) is 30.0 Å². The normalized spacial score (nSPS) is 16.2. The predicted molar refractivity (Wildman–Crippen MR) is 101 cm³/mol. The number of nitrogens with one attached hydrogen (secondary N) is 2. The van der Waals surface area contributed by atoms with Crippen LogP contribution in [0.3, 0.4) is 0 Å². The average molecular weight is 368 g/mol. The molecule has 1 aliphatic carbocycles. The van der Waals surface area contributed by atoms with E-state index in [2.05, 4.69) is 20.6 Å². The Bertz CT molecular complexity index is 834. The molecule has 1 aromatic carbocycles. The Labute approximate surface area is 158 Å². The molecule has 2 N–H and O–H groups in total. The molecule has 0 spiro atoms. The molecule has 0 radical (unpaired) electrons. The minimum Gasteiger partial charge on any atom is -0.454 e. The zero-order valence-corrected chi connectivity index (χ0v) is 15.5. The van der Waals surface area contributed by atoms with Gasteiger partial charge in [0.1, 0.15) is 17.3 Å². The van der Waals surface area contributed by atoms with Crippen LogP contribution in [0.25, 0.3) is 0 Å². The van der Waals surface area contributed by atoms with Crippen molar-refractivity contribution >= 4 is 11.7 Å². The SMILES string of the molecule is Cc1nc(NC2CCCCC2)cc(C(=O)NCc2ccc3c(c2)OCO3)n1. The van der Waals surface area contributed by atoms with Gasteiger partial charge in [-0.1, -0.05) is 25.3 Å². The van der Waals surface area contributed by atoms with Crippen LogP contribution in [-0.2, 0) is 6.54 Å². The molecule has 27 heavy (non-hydrogen) atoms. The van der Waals surface area contributed by atoms with Gasteiger partial charge in [0.25, 0.3) is 5.91 Å². The van der Waals surface area contributed by atoms with Crippen molar-refractivity contribution in [3.8, 4) is 11.5 Å². The number of benzene rings is 1. The summed E-state index contributed by atoms with van der Waals surface area (Å²) in [6, 6.07) is 7.80. The monoisotopic (exact) mass is 368 g/mol. The highest BCUT2D eigenvalue weighted by molar-refractivity contribution is 5.92. The highest BCUT2D eigenvalue weighted by Crippen LogP contribution is 2.32. The van der Waals surface area contributed by atoms with Crippen molar-refractivity contribution < 1.29 is 14.3 Å². The number of hydrogen-bond acceptors (Lipinski definition) is 6. The third-order valence-corrected chi connectivity index (χ3v) is 4.92. The van der Waals surface area contributed by atoms with Gasteiger partial charge >= 0.3 is 0 Å². The molecule has 4 rings (SSSR count). The first-order valence-corrected chi connectivity index (χ1v) is 9.46. The molecule has 0 bridgehead atoms. The second-order valence-corrected chi connectivity index (χ2v) is 7.04. The Morgan fingerprint density at radius 1 is 1.11 bits per heavy atom. The summed E-state index contributed by atoms with van der Waals surface area (Å²) >= 11 is 0. The van der Waals surface area contributed by atoms with Crippen LogP contribution in [0.5, 0.6) is 11.5 Å². The third kappa shape index (κ3) is 4.30. The van der Waals surface area contributed by atoms with E-state index in [1.807, 2.05) is 18.2 Å². The zero-order valence-electron chi connectivity index (χ0n) is 15.5. The first-order chi connectivity index (χ1) is 13.2. The van der Waals surface area contributed by atoms with Crippen LogP contribution in [0.2, 0.25) is 0 Å². The molecule has 1 aromatic heterocycles. The van der Waals surface area contributed by atoms with E-state index in [9.17, 15) is 4.79 Å². The standard InChI is InChI=1S/C20H24N4O3/c1-13-22-16(10-19(23-13)24-15-5-3-2-4-6-15)20(25)21-11-14-7-8-17-18(9-14)27-12-26-17/h7-10,15H,2-6,11-12H2,1H3,(H,21,25)(H,22,23,24). The maximum atomic E-state index is 12.6. The zero-order chi connectivity index (χ0) is 18.6. The first kappa shape index (κ1) is 17.6. The molecule has 0 saturated heterocycles. The number of carbonyl (C=O) groups excluding carboxylic acids is 1. The van der Waals surface area contributed by atoms with Crippen LogP contribution in [0.15, 0.2) is 24.3 Å². The molecule has 142 valence electrons. The number of aromatic nitrogens is 2. The minimum atomic E-state index is -0.218. The van der Waals surface area contributed by atoms with E-state index in [1.54, 1.807) is 13.0 Å². The van der Waals surface area contributed by atoms with Gasteiger partial charge < -0.3 is 20.1 Å². The number of hydrogen-bond donors (Lipinski definition) is 2. The molecule has 7 nitrogen and oxygen atoms in total. The molecule has 1 aliphatic heterocycles. The van der Waals surface area contributed by atoms with Gasteiger partial charge in [-0.3, -0.25) is 4.79 Å². The fraction of sp³-hybridized carbons (Fsp3) is 0.450. The van der Waals surface area contributed by atoms with Crippen molar-refractivity contribution in [2.24, 2.45) is 0 Å². The number of fused-ring (bicyclic) bond motifs is 1. The van der Waals surface area contributed by atoms with Gasteiger partial charge in [-0.2, -0.15) is 0 Å². The van der Waals surface area contributed by atoms with E-state index < -0.39 is 0 Å². The summed E-state index contributed by atoms with van der Waals surface area (Å²) in [4.78, 5) is 21.3. The quantitative estimate of drug-likeness (QED) is 0.843. The molecule has 1 saturated carbocycles. The average Bonchev–Trinajstić information content (AvgIpc) is 3.14. The maximum Gasteiger partial charge on any atom is 0.270 e. The number of nitrogens with zero attached hydrogens (tertiary/aromatic N) is 2. The maximum absolute atomic E-state index is 12.6. The summed E-state index contributed by atoms with van der Waals surface area (Å²) in [5, 5.41) is 6.37.